The van der Waals surface area contributed by atoms with Gasteiger partial charge in [0.2, 0.25) is 5.91 Å². The van der Waals surface area contributed by atoms with Gasteiger partial charge in [-0.2, -0.15) is 0 Å². The van der Waals surface area contributed by atoms with Gasteiger partial charge in [-0.25, -0.2) is 0 Å². The summed E-state index contributed by atoms with van der Waals surface area (Å²) in [4.78, 5) is 13.8. The standard InChI is InChI=1S/C21H25ClN4OS2/c1-5-9-26-20(15-10-18(13(2)3)28-11-15)24-25-21(26)29-12-19(27)23-17-8-6-7-16(22)14(17)4/h6-8,10-11,13H,5,9,12H2,1-4H3,(H,23,27). The number of carbonyl (C=O) groups is 1. The highest BCUT2D eigenvalue weighted by Crippen LogP contribution is 2.31. The molecule has 0 aliphatic carbocycles. The van der Waals surface area contributed by atoms with Crippen LogP contribution in [0, 0.1) is 6.92 Å². The first-order valence-corrected chi connectivity index (χ1v) is 11.8. The minimum Gasteiger partial charge on any atom is -0.325 e. The Labute approximate surface area is 184 Å². The Morgan fingerprint density at radius 3 is 2.83 bits per heavy atom. The summed E-state index contributed by atoms with van der Waals surface area (Å²) in [6.07, 6.45) is 0.966. The van der Waals surface area contributed by atoms with E-state index in [0.717, 1.165) is 40.8 Å². The molecule has 0 saturated carbocycles. The third-order valence-electron chi connectivity index (χ3n) is 4.49. The Bertz CT molecular complexity index is 996. The van der Waals surface area contributed by atoms with E-state index in [9.17, 15) is 4.79 Å². The lowest BCUT2D eigenvalue weighted by molar-refractivity contribution is -0.113. The van der Waals surface area contributed by atoms with Gasteiger partial charge in [0.05, 0.1) is 5.75 Å². The molecule has 0 fully saturated rings. The van der Waals surface area contributed by atoms with Crippen molar-refractivity contribution in [1.29, 1.82) is 0 Å². The number of rotatable bonds is 8. The molecule has 1 N–H and O–H groups in total. The molecule has 0 aliphatic rings. The minimum atomic E-state index is -0.0920. The predicted octanol–water partition coefficient (Wildman–Crippen LogP) is 6.23. The highest BCUT2D eigenvalue weighted by Gasteiger charge is 2.17. The molecule has 2 heterocycles. The zero-order valence-corrected chi connectivity index (χ0v) is 19.4. The molecule has 0 saturated heterocycles. The highest BCUT2D eigenvalue weighted by molar-refractivity contribution is 7.99. The maximum absolute atomic E-state index is 12.4. The number of amides is 1. The van der Waals surface area contributed by atoms with Crippen LogP contribution in [0.3, 0.4) is 0 Å². The van der Waals surface area contributed by atoms with Gasteiger partial charge in [0.25, 0.3) is 0 Å². The van der Waals surface area contributed by atoms with Crippen molar-refractivity contribution in [2.75, 3.05) is 11.1 Å². The number of thiophene rings is 1. The first-order chi connectivity index (χ1) is 13.9. The summed E-state index contributed by atoms with van der Waals surface area (Å²) in [7, 11) is 0. The minimum absolute atomic E-state index is 0.0920. The Balaban J connectivity index is 1.72. The van der Waals surface area contributed by atoms with Gasteiger partial charge in [-0.05, 0) is 43.0 Å². The van der Waals surface area contributed by atoms with E-state index in [0.29, 0.717) is 10.9 Å². The zero-order chi connectivity index (χ0) is 21.0. The van der Waals surface area contributed by atoms with Crippen LogP contribution in [0.2, 0.25) is 5.02 Å². The van der Waals surface area contributed by atoms with E-state index in [2.05, 4.69) is 52.3 Å². The van der Waals surface area contributed by atoms with Crippen molar-refractivity contribution in [3.8, 4) is 11.4 Å². The van der Waals surface area contributed by atoms with Crippen molar-refractivity contribution in [3.05, 3.63) is 45.1 Å². The summed E-state index contributed by atoms with van der Waals surface area (Å²) in [5, 5.41) is 15.2. The van der Waals surface area contributed by atoms with E-state index in [-0.39, 0.29) is 11.7 Å². The number of benzene rings is 1. The van der Waals surface area contributed by atoms with Gasteiger partial charge < -0.3 is 9.88 Å². The predicted molar refractivity (Wildman–Crippen MR) is 123 cm³/mol. The summed E-state index contributed by atoms with van der Waals surface area (Å²) < 4.78 is 2.11. The number of aromatic nitrogens is 3. The number of anilines is 1. The third kappa shape index (κ3) is 5.21. The first kappa shape index (κ1) is 21.9. The van der Waals surface area contributed by atoms with Crippen LogP contribution in [0.5, 0.6) is 0 Å². The molecule has 0 aliphatic heterocycles. The normalized spacial score (nSPS) is 11.2. The molecule has 8 heteroatoms. The molecule has 0 spiro atoms. The lowest BCUT2D eigenvalue weighted by atomic mass is 10.1. The molecular formula is C21H25ClN4OS2. The van der Waals surface area contributed by atoms with E-state index >= 15 is 0 Å². The lowest BCUT2D eigenvalue weighted by Crippen LogP contribution is -2.15. The second-order valence-corrected chi connectivity index (χ2v) is 9.39. The molecule has 1 aromatic carbocycles. The molecule has 0 bridgehead atoms. The van der Waals surface area contributed by atoms with Gasteiger partial charge in [0, 0.05) is 33.1 Å². The van der Waals surface area contributed by atoms with Gasteiger partial charge in [0.1, 0.15) is 0 Å². The fourth-order valence-corrected chi connectivity index (χ4v) is 4.71. The Morgan fingerprint density at radius 1 is 1.34 bits per heavy atom. The first-order valence-electron chi connectivity index (χ1n) is 9.60. The molecule has 3 rings (SSSR count). The average Bonchev–Trinajstić information content (AvgIpc) is 3.31. The van der Waals surface area contributed by atoms with Crippen molar-refractivity contribution < 1.29 is 4.79 Å². The van der Waals surface area contributed by atoms with E-state index in [4.69, 9.17) is 11.6 Å². The molecule has 29 heavy (non-hydrogen) atoms. The quantitative estimate of drug-likeness (QED) is 0.415. The zero-order valence-electron chi connectivity index (χ0n) is 17.0. The van der Waals surface area contributed by atoms with Crippen LogP contribution in [0.15, 0.2) is 34.8 Å². The molecule has 3 aromatic rings. The van der Waals surface area contributed by atoms with E-state index < -0.39 is 0 Å². The maximum Gasteiger partial charge on any atom is 0.234 e. The van der Waals surface area contributed by atoms with Crippen LogP contribution in [0.4, 0.5) is 5.69 Å². The number of nitrogens with one attached hydrogen (secondary N) is 1. The number of halogens is 1. The molecule has 1 amide bonds. The fraction of sp³-hybridized carbons (Fsp3) is 0.381. The Kier molecular flexibility index (Phi) is 7.38. The topological polar surface area (TPSA) is 59.8 Å². The summed E-state index contributed by atoms with van der Waals surface area (Å²) in [5.41, 5.74) is 2.69. The average molecular weight is 449 g/mol. The van der Waals surface area contributed by atoms with Crippen molar-refractivity contribution >= 4 is 46.3 Å². The number of nitrogens with zero attached hydrogens (tertiary/aromatic N) is 3. The monoisotopic (exact) mass is 448 g/mol. The SMILES string of the molecule is CCCn1c(SCC(=O)Nc2cccc(Cl)c2C)nnc1-c1csc(C(C)C)c1. The van der Waals surface area contributed by atoms with Gasteiger partial charge in [-0.15, -0.1) is 21.5 Å². The second-order valence-electron chi connectivity index (χ2n) is 7.10. The Morgan fingerprint density at radius 2 is 2.14 bits per heavy atom. The van der Waals surface area contributed by atoms with E-state index in [1.54, 1.807) is 11.3 Å². The molecule has 0 atom stereocenters. The largest absolute Gasteiger partial charge is 0.325 e. The van der Waals surface area contributed by atoms with Crippen LogP contribution in [0.25, 0.3) is 11.4 Å². The van der Waals surface area contributed by atoms with Crippen molar-refractivity contribution in [1.82, 2.24) is 14.8 Å². The lowest BCUT2D eigenvalue weighted by Gasteiger charge is -2.10. The number of thioether (sulfide) groups is 1. The van der Waals surface area contributed by atoms with Gasteiger partial charge in [0.15, 0.2) is 11.0 Å². The van der Waals surface area contributed by atoms with Crippen LogP contribution in [0.1, 0.15) is 43.6 Å². The van der Waals surface area contributed by atoms with Crippen LogP contribution >= 0.6 is 34.7 Å². The summed E-state index contributed by atoms with van der Waals surface area (Å²) in [6.45, 7) is 9.20. The van der Waals surface area contributed by atoms with Crippen molar-refractivity contribution in [2.45, 2.75) is 51.7 Å². The number of hydrogen-bond acceptors (Lipinski definition) is 5. The molecule has 154 valence electrons. The fourth-order valence-electron chi connectivity index (χ4n) is 2.87. The van der Waals surface area contributed by atoms with Gasteiger partial charge in [-0.1, -0.05) is 50.2 Å². The smallest absolute Gasteiger partial charge is 0.234 e. The summed E-state index contributed by atoms with van der Waals surface area (Å²) in [5.74, 6) is 1.52. The molecule has 0 unspecified atom stereocenters. The second kappa shape index (κ2) is 9.78. The summed E-state index contributed by atoms with van der Waals surface area (Å²) in [6, 6.07) is 7.68. The Hall–Kier alpha value is -1.83. The number of hydrogen-bond donors (Lipinski definition) is 1. The van der Waals surface area contributed by atoms with E-state index in [1.807, 2.05) is 25.1 Å². The highest BCUT2D eigenvalue weighted by atomic mass is 35.5. The molecule has 5 nitrogen and oxygen atoms in total. The molecule has 2 aromatic heterocycles. The summed E-state index contributed by atoms with van der Waals surface area (Å²) >= 11 is 9.28. The number of carbonyl (C=O) groups excluding carboxylic acids is 1. The maximum atomic E-state index is 12.4. The van der Waals surface area contributed by atoms with Crippen LogP contribution in [-0.2, 0) is 11.3 Å². The van der Waals surface area contributed by atoms with Gasteiger partial charge >= 0.3 is 0 Å². The van der Waals surface area contributed by atoms with Crippen molar-refractivity contribution in [3.63, 3.8) is 0 Å². The third-order valence-corrected chi connectivity index (χ3v) is 7.09. The van der Waals surface area contributed by atoms with E-state index in [1.165, 1.54) is 16.6 Å². The molecular weight excluding hydrogens is 424 g/mol. The van der Waals surface area contributed by atoms with Crippen LogP contribution < -0.4 is 5.32 Å². The molecule has 0 radical (unpaired) electrons. The van der Waals surface area contributed by atoms with Gasteiger partial charge in [-0.3, -0.25) is 4.79 Å². The van der Waals surface area contributed by atoms with Crippen molar-refractivity contribution in [2.24, 2.45) is 0 Å². The van der Waals surface area contributed by atoms with Crippen LogP contribution in [-0.4, -0.2) is 26.4 Å².